The van der Waals surface area contributed by atoms with Gasteiger partial charge < -0.3 is 25.6 Å². The molecule has 0 aliphatic carbocycles. The Morgan fingerprint density at radius 2 is 1.23 bits per heavy atom. The number of fused-ring (bicyclic) bond motifs is 2. The molecule has 12 nitrogen and oxygen atoms in total. The van der Waals surface area contributed by atoms with Crippen molar-refractivity contribution in [2.24, 2.45) is 0 Å². The second kappa shape index (κ2) is 17.2. The first kappa shape index (κ1) is 43.1. The molecule has 2 amide bonds. The Bertz CT molecular complexity index is 2480. The lowest BCUT2D eigenvalue weighted by atomic mass is 9.90. The average molecular weight is 895 g/mol. The minimum absolute atomic E-state index is 0.0380. The van der Waals surface area contributed by atoms with Crippen molar-refractivity contribution in [2.75, 3.05) is 75.8 Å². The number of amides is 2. The molecule has 17 heteroatoms. The van der Waals surface area contributed by atoms with Crippen LogP contribution >= 0.6 is 15.9 Å². The number of morpholine rings is 1. The van der Waals surface area contributed by atoms with E-state index < -0.39 is 34.3 Å². The van der Waals surface area contributed by atoms with Gasteiger partial charge in [0.05, 0.1) is 100 Å². The number of piperazine rings is 2. The standard InChI is InChI=1S/C26H30F2N6O2.C17H18BrF2N3O/c1-16-24(31-18-12-19(14-29-13-18)33-6-8-36-9-7-33)23-20(28)10-17(27)11-21(23)32-25(16)26(2,3)34-5-4-30-22(35)15-34;1-9-15(18)14-11(20)6-10(19)7-12(14)22-16(9)17(2,3)23-5-4-21-13(24)8-23/h10-14H,4-9,15H2,1-3H3,(H,30,35)(H,31,32);6-7H,4-5,8H2,1-3H3,(H,21,24). The second-order valence-electron chi connectivity index (χ2n) is 16.2. The van der Waals surface area contributed by atoms with Crippen LogP contribution in [0.5, 0.6) is 0 Å². The van der Waals surface area contributed by atoms with Crippen molar-refractivity contribution in [1.82, 2.24) is 35.4 Å². The summed E-state index contributed by atoms with van der Waals surface area (Å²) in [6, 6.07) is 6.16. The van der Waals surface area contributed by atoms with Crippen LogP contribution in [0.25, 0.3) is 21.8 Å². The van der Waals surface area contributed by atoms with Crippen molar-refractivity contribution >= 4 is 66.6 Å². The van der Waals surface area contributed by atoms with E-state index in [-0.39, 0.29) is 46.7 Å². The van der Waals surface area contributed by atoms with Crippen LogP contribution in [0.1, 0.15) is 50.2 Å². The van der Waals surface area contributed by atoms with Crippen LogP contribution in [0.4, 0.5) is 34.6 Å². The lowest BCUT2D eigenvalue weighted by Crippen LogP contribution is -2.54. The van der Waals surface area contributed by atoms with E-state index in [0.717, 1.165) is 42.0 Å². The molecular formula is C43H48BrF4N9O3. The van der Waals surface area contributed by atoms with Crippen molar-refractivity contribution in [3.63, 3.8) is 0 Å². The van der Waals surface area contributed by atoms with Gasteiger partial charge in [-0.2, -0.15) is 0 Å². The third kappa shape index (κ3) is 8.62. The molecule has 5 aromatic rings. The molecule has 3 aliphatic heterocycles. The van der Waals surface area contributed by atoms with E-state index in [1.54, 1.807) is 12.4 Å². The number of nitrogens with zero attached hydrogens (tertiary/aromatic N) is 6. The quantitative estimate of drug-likeness (QED) is 0.152. The summed E-state index contributed by atoms with van der Waals surface area (Å²) in [7, 11) is 0. The van der Waals surface area contributed by atoms with Gasteiger partial charge in [-0.3, -0.25) is 34.3 Å². The Labute approximate surface area is 354 Å². The number of ether oxygens (including phenoxy) is 1. The predicted octanol–water partition coefficient (Wildman–Crippen LogP) is 6.71. The normalized spacial score (nSPS) is 17.0. The average Bonchev–Trinajstić information content (AvgIpc) is 3.20. The maximum absolute atomic E-state index is 15.2. The first-order valence-corrected chi connectivity index (χ1v) is 20.6. The number of hydrogen-bond acceptors (Lipinski definition) is 10. The molecule has 0 unspecified atom stereocenters. The molecule has 0 bridgehead atoms. The molecule has 3 aliphatic rings. The fourth-order valence-electron chi connectivity index (χ4n) is 8.28. The molecule has 3 N–H and O–H groups in total. The van der Waals surface area contributed by atoms with Crippen LogP contribution in [0.3, 0.4) is 0 Å². The molecule has 6 heterocycles. The molecule has 8 rings (SSSR count). The summed E-state index contributed by atoms with van der Waals surface area (Å²) in [6.07, 6.45) is 3.47. The van der Waals surface area contributed by atoms with Crippen molar-refractivity contribution in [1.29, 1.82) is 0 Å². The van der Waals surface area contributed by atoms with E-state index in [4.69, 9.17) is 9.72 Å². The molecule has 3 aromatic heterocycles. The summed E-state index contributed by atoms with van der Waals surface area (Å²) in [5.74, 6) is -2.79. The highest BCUT2D eigenvalue weighted by Gasteiger charge is 2.37. The smallest absolute Gasteiger partial charge is 0.234 e. The number of nitrogens with one attached hydrogen (secondary N) is 3. The minimum Gasteiger partial charge on any atom is -0.378 e. The number of rotatable bonds is 7. The van der Waals surface area contributed by atoms with Crippen molar-refractivity contribution in [3.05, 3.63) is 93.0 Å². The summed E-state index contributed by atoms with van der Waals surface area (Å²) in [5.41, 5.74) is 4.22. The third-order valence-corrected chi connectivity index (χ3v) is 12.6. The summed E-state index contributed by atoms with van der Waals surface area (Å²) in [5, 5.41) is 9.47. The Hall–Kier alpha value is -4.97. The number of carbonyl (C=O) groups excluding carboxylic acids is 2. The number of hydrogen-bond donors (Lipinski definition) is 3. The lowest BCUT2D eigenvalue weighted by molar-refractivity contribution is -0.127. The van der Waals surface area contributed by atoms with E-state index in [1.807, 2.05) is 57.4 Å². The Morgan fingerprint density at radius 1 is 0.717 bits per heavy atom. The summed E-state index contributed by atoms with van der Waals surface area (Å²) in [6.45, 7) is 17.3. The maximum Gasteiger partial charge on any atom is 0.234 e. The van der Waals surface area contributed by atoms with Gasteiger partial charge in [0.25, 0.3) is 0 Å². The molecule has 3 saturated heterocycles. The van der Waals surface area contributed by atoms with E-state index in [0.29, 0.717) is 66.6 Å². The third-order valence-electron chi connectivity index (χ3n) is 11.6. The lowest BCUT2D eigenvalue weighted by Gasteiger charge is -2.41. The van der Waals surface area contributed by atoms with Crippen LogP contribution in [-0.2, 0) is 25.4 Å². The second-order valence-corrected chi connectivity index (χ2v) is 17.0. The topological polar surface area (TPSA) is 128 Å². The van der Waals surface area contributed by atoms with E-state index in [1.165, 1.54) is 12.1 Å². The van der Waals surface area contributed by atoms with Crippen LogP contribution < -0.4 is 20.9 Å². The van der Waals surface area contributed by atoms with Crippen LogP contribution in [-0.4, -0.2) is 102 Å². The van der Waals surface area contributed by atoms with Crippen molar-refractivity contribution in [2.45, 2.75) is 52.6 Å². The summed E-state index contributed by atoms with van der Waals surface area (Å²) in [4.78, 5) is 43.7. The largest absolute Gasteiger partial charge is 0.378 e. The number of pyridine rings is 3. The monoisotopic (exact) mass is 893 g/mol. The number of benzene rings is 2. The molecule has 0 saturated carbocycles. The summed E-state index contributed by atoms with van der Waals surface area (Å²) < 4.78 is 63.2. The van der Waals surface area contributed by atoms with Crippen molar-refractivity contribution < 1.29 is 31.9 Å². The van der Waals surface area contributed by atoms with Gasteiger partial charge in [-0.05, 0) is 74.7 Å². The zero-order chi connectivity index (χ0) is 43.1. The minimum atomic E-state index is -0.695. The predicted molar refractivity (Wildman–Crippen MR) is 226 cm³/mol. The first-order valence-electron chi connectivity index (χ1n) is 19.8. The first-order chi connectivity index (χ1) is 28.4. The molecule has 0 atom stereocenters. The van der Waals surface area contributed by atoms with E-state index in [2.05, 4.69) is 46.7 Å². The molecule has 60 heavy (non-hydrogen) atoms. The van der Waals surface area contributed by atoms with Gasteiger partial charge in [0, 0.05) is 68.0 Å². The van der Waals surface area contributed by atoms with Gasteiger partial charge in [0.1, 0.15) is 23.3 Å². The Balaban J connectivity index is 0.000000197. The maximum atomic E-state index is 15.2. The number of halogens is 5. The van der Waals surface area contributed by atoms with Crippen LogP contribution in [0.2, 0.25) is 0 Å². The fraction of sp³-hybridized carbons (Fsp3) is 0.419. The highest BCUT2D eigenvalue weighted by Crippen LogP contribution is 2.40. The SMILES string of the molecule is Cc1c(C(C)(C)N2CCNC(=O)C2)nc2cc(F)cc(F)c2c1Br.Cc1c(C(C)(C)N2CCNC(=O)C2)nc2cc(F)cc(F)c2c1Nc1cncc(N2CCOCC2)c1. The summed E-state index contributed by atoms with van der Waals surface area (Å²) >= 11 is 3.44. The molecular weight excluding hydrogens is 846 g/mol. The molecule has 0 spiro atoms. The van der Waals surface area contributed by atoms with Crippen LogP contribution in [0.15, 0.2) is 47.2 Å². The zero-order valence-electron chi connectivity index (χ0n) is 34.4. The van der Waals surface area contributed by atoms with Gasteiger partial charge in [0.2, 0.25) is 11.8 Å². The Morgan fingerprint density at radius 3 is 1.78 bits per heavy atom. The molecule has 2 aromatic carbocycles. The van der Waals surface area contributed by atoms with E-state index >= 15 is 4.39 Å². The number of aromatic nitrogens is 3. The van der Waals surface area contributed by atoms with E-state index in [9.17, 15) is 22.8 Å². The number of anilines is 3. The highest BCUT2D eigenvalue weighted by molar-refractivity contribution is 9.10. The molecule has 318 valence electrons. The van der Waals surface area contributed by atoms with Gasteiger partial charge in [-0.1, -0.05) is 0 Å². The van der Waals surface area contributed by atoms with Crippen LogP contribution in [0, 0.1) is 37.1 Å². The van der Waals surface area contributed by atoms with Gasteiger partial charge in [-0.25, -0.2) is 17.6 Å². The molecule has 3 fully saturated rings. The molecule has 0 radical (unpaired) electrons. The fourth-order valence-corrected chi connectivity index (χ4v) is 8.86. The zero-order valence-corrected chi connectivity index (χ0v) is 36.0. The highest BCUT2D eigenvalue weighted by atomic mass is 79.9. The van der Waals surface area contributed by atoms with Gasteiger partial charge in [0.15, 0.2) is 0 Å². The Kier molecular flexibility index (Phi) is 12.4. The number of carbonyl (C=O) groups is 2. The van der Waals surface area contributed by atoms with Gasteiger partial charge in [-0.15, -0.1) is 0 Å². The van der Waals surface area contributed by atoms with Crippen molar-refractivity contribution in [3.8, 4) is 0 Å². The van der Waals surface area contributed by atoms with Gasteiger partial charge >= 0.3 is 0 Å².